The van der Waals surface area contributed by atoms with Gasteiger partial charge in [0.1, 0.15) is 0 Å². The Morgan fingerprint density at radius 1 is 1.06 bits per heavy atom. The first kappa shape index (κ1) is 14.7. The van der Waals surface area contributed by atoms with E-state index in [4.69, 9.17) is 0 Å². The molecule has 0 rings (SSSR count). The number of nitrogens with one attached hydrogen (secondary N) is 3. The molecule has 0 unspecified atom stereocenters. The van der Waals surface area contributed by atoms with Gasteiger partial charge in [-0.2, -0.15) is 0 Å². The molecule has 0 saturated heterocycles. The van der Waals surface area contributed by atoms with Crippen molar-refractivity contribution < 1.29 is 9.59 Å². The van der Waals surface area contributed by atoms with Crippen LogP contribution in [0.4, 0.5) is 4.79 Å². The quantitative estimate of drug-likeness (QED) is 0.671. The van der Waals surface area contributed by atoms with Gasteiger partial charge in [0.05, 0.1) is 5.41 Å². The predicted molar refractivity (Wildman–Crippen MR) is 64.1 cm³/mol. The van der Waals surface area contributed by atoms with Crippen molar-refractivity contribution in [2.75, 3.05) is 13.6 Å². The van der Waals surface area contributed by atoms with E-state index in [1.54, 1.807) is 20.9 Å². The molecule has 0 aromatic heterocycles. The van der Waals surface area contributed by atoms with Crippen molar-refractivity contribution >= 4 is 11.9 Å². The summed E-state index contributed by atoms with van der Waals surface area (Å²) in [5, 5.41) is 8.02. The van der Waals surface area contributed by atoms with Crippen molar-refractivity contribution in [2.45, 2.75) is 40.2 Å². The third-order valence-electron chi connectivity index (χ3n) is 2.02. The third-order valence-corrected chi connectivity index (χ3v) is 2.02. The Hall–Kier alpha value is -1.26. The number of rotatable bonds is 3. The number of hydrogen-bond acceptors (Lipinski definition) is 2. The highest BCUT2D eigenvalue weighted by Crippen LogP contribution is 2.13. The second-order valence-electron chi connectivity index (χ2n) is 5.52. The SMILES string of the molecule is CNC(=O)C(C)(C)CNC(=O)NC(C)(C)C. The minimum absolute atomic E-state index is 0.0939. The van der Waals surface area contributed by atoms with E-state index in [2.05, 4.69) is 16.0 Å². The molecule has 0 atom stereocenters. The van der Waals surface area contributed by atoms with Crippen LogP contribution in [0.25, 0.3) is 0 Å². The fraction of sp³-hybridized carbons (Fsp3) is 0.818. The molecule has 0 aromatic carbocycles. The van der Waals surface area contributed by atoms with Gasteiger partial charge in [-0.05, 0) is 34.6 Å². The van der Waals surface area contributed by atoms with Gasteiger partial charge in [0, 0.05) is 19.1 Å². The summed E-state index contributed by atoms with van der Waals surface area (Å²) in [5.74, 6) is -0.0939. The standard InChI is InChI=1S/C11H23N3O2/c1-10(2,3)14-9(16)13-7-11(4,5)8(15)12-6/h7H2,1-6H3,(H,12,15)(H2,13,14,16). The van der Waals surface area contributed by atoms with Crippen LogP contribution in [0.3, 0.4) is 0 Å². The van der Waals surface area contributed by atoms with Crippen LogP contribution in [-0.4, -0.2) is 31.1 Å². The maximum absolute atomic E-state index is 11.5. The molecule has 0 radical (unpaired) electrons. The summed E-state index contributed by atoms with van der Waals surface area (Å²) in [6.45, 7) is 9.56. The number of urea groups is 1. The summed E-state index contributed by atoms with van der Waals surface area (Å²) >= 11 is 0. The molecule has 3 N–H and O–H groups in total. The molecule has 0 aliphatic rings. The van der Waals surface area contributed by atoms with Gasteiger partial charge in [0.25, 0.3) is 0 Å². The minimum Gasteiger partial charge on any atom is -0.359 e. The van der Waals surface area contributed by atoms with Crippen molar-refractivity contribution in [3.63, 3.8) is 0 Å². The van der Waals surface area contributed by atoms with Gasteiger partial charge in [0.15, 0.2) is 0 Å². The van der Waals surface area contributed by atoms with Crippen molar-refractivity contribution in [1.29, 1.82) is 0 Å². The average molecular weight is 229 g/mol. The summed E-state index contributed by atoms with van der Waals surface area (Å²) in [5.41, 5.74) is -0.884. The molecule has 16 heavy (non-hydrogen) atoms. The van der Waals surface area contributed by atoms with E-state index in [1.807, 2.05) is 20.8 Å². The van der Waals surface area contributed by atoms with E-state index in [0.717, 1.165) is 0 Å². The van der Waals surface area contributed by atoms with E-state index in [0.29, 0.717) is 6.54 Å². The van der Waals surface area contributed by atoms with E-state index in [1.165, 1.54) is 0 Å². The van der Waals surface area contributed by atoms with Gasteiger partial charge in [-0.3, -0.25) is 4.79 Å². The maximum Gasteiger partial charge on any atom is 0.315 e. The lowest BCUT2D eigenvalue weighted by atomic mass is 9.92. The van der Waals surface area contributed by atoms with Gasteiger partial charge in [-0.25, -0.2) is 4.79 Å². The van der Waals surface area contributed by atoms with Crippen LogP contribution in [0.15, 0.2) is 0 Å². The van der Waals surface area contributed by atoms with Crippen LogP contribution in [0.1, 0.15) is 34.6 Å². The molecule has 5 heteroatoms. The van der Waals surface area contributed by atoms with Gasteiger partial charge in [-0.1, -0.05) is 0 Å². The minimum atomic E-state index is -0.607. The first-order valence-electron chi connectivity index (χ1n) is 5.37. The van der Waals surface area contributed by atoms with E-state index >= 15 is 0 Å². The van der Waals surface area contributed by atoms with Crippen molar-refractivity contribution in [3.8, 4) is 0 Å². The first-order chi connectivity index (χ1) is 7.08. The molecule has 94 valence electrons. The Balaban J connectivity index is 4.15. The van der Waals surface area contributed by atoms with Crippen LogP contribution in [0.5, 0.6) is 0 Å². The first-order valence-corrected chi connectivity index (χ1v) is 5.37. The molecule has 0 aliphatic heterocycles. The lowest BCUT2D eigenvalue weighted by Crippen LogP contribution is -2.50. The van der Waals surface area contributed by atoms with Gasteiger partial charge < -0.3 is 16.0 Å². The Bertz CT molecular complexity index is 267. The highest BCUT2D eigenvalue weighted by Gasteiger charge is 2.27. The van der Waals surface area contributed by atoms with E-state index in [-0.39, 0.29) is 17.5 Å². The lowest BCUT2D eigenvalue weighted by Gasteiger charge is -2.25. The van der Waals surface area contributed by atoms with Crippen molar-refractivity contribution in [3.05, 3.63) is 0 Å². The molecular weight excluding hydrogens is 206 g/mol. The van der Waals surface area contributed by atoms with Crippen LogP contribution in [-0.2, 0) is 4.79 Å². The Morgan fingerprint density at radius 3 is 1.94 bits per heavy atom. The highest BCUT2D eigenvalue weighted by atomic mass is 16.2. The summed E-state index contributed by atoms with van der Waals surface area (Å²) in [6, 6.07) is -0.260. The molecular formula is C11H23N3O2. The van der Waals surface area contributed by atoms with Crippen molar-refractivity contribution in [1.82, 2.24) is 16.0 Å². The molecule has 0 fully saturated rings. The van der Waals surface area contributed by atoms with E-state index in [9.17, 15) is 9.59 Å². The lowest BCUT2D eigenvalue weighted by molar-refractivity contribution is -0.128. The van der Waals surface area contributed by atoms with Crippen LogP contribution >= 0.6 is 0 Å². The normalized spacial score (nSPS) is 11.9. The molecule has 0 aliphatic carbocycles. The summed E-state index contributed by atoms with van der Waals surface area (Å²) in [7, 11) is 1.58. The summed E-state index contributed by atoms with van der Waals surface area (Å²) in [6.07, 6.45) is 0. The molecule has 3 amide bonds. The van der Waals surface area contributed by atoms with Gasteiger partial charge >= 0.3 is 6.03 Å². The Labute approximate surface area is 97.4 Å². The third kappa shape index (κ3) is 5.58. The smallest absolute Gasteiger partial charge is 0.315 e. The second kappa shape index (κ2) is 5.18. The molecule has 0 bridgehead atoms. The zero-order chi connectivity index (χ0) is 13.0. The monoisotopic (exact) mass is 229 g/mol. The number of carbonyl (C=O) groups is 2. The molecule has 0 spiro atoms. The van der Waals surface area contributed by atoms with Gasteiger partial charge in [0.2, 0.25) is 5.91 Å². The van der Waals surface area contributed by atoms with Crippen molar-refractivity contribution in [2.24, 2.45) is 5.41 Å². The van der Waals surface area contributed by atoms with E-state index < -0.39 is 5.41 Å². The number of hydrogen-bond donors (Lipinski definition) is 3. The number of amides is 3. The topological polar surface area (TPSA) is 70.2 Å². The van der Waals surface area contributed by atoms with Crippen LogP contribution in [0, 0.1) is 5.41 Å². The largest absolute Gasteiger partial charge is 0.359 e. The Kier molecular flexibility index (Phi) is 4.78. The molecule has 0 heterocycles. The fourth-order valence-corrected chi connectivity index (χ4v) is 1.10. The fourth-order valence-electron chi connectivity index (χ4n) is 1.10. The summed E-state index contributed by atoms with van der Waals surface area (Å²) < 4.78 is 0. The molecule has 0 saturated carbocycles. The van der Waals surface area contributed by atoms with Crippen LogP contribution in [0.2, 0.25) is 0 Å². The highest BCUT2D eigenvalue weighted by molar-refractivity contribution is 5.83. The predicted octanol–water partition coefficient (Wildman–Crippen LogP) is 0.856. The average Bonchev–Trinajstić information content (AvgIpc) is 2.11. The zero-order valence-electron chi connectivity index (χ0n) is 11.0. The zero-order valence-corrected chi connectivity index (χ0v) is 11.0. The van der Waals surface area contributed by atoms with Crippen LogP contribution < -0.4 is 16.0 Å². The summed E-state index contributed by atoms with van der Waals surface area (Å²) in [4.78, 5) is 22.9. The maximum atomic E-state index is 11.5. The van der Waals surface area contributed by atoms with Gasteiger partial charge in [-0.15, -0.1) is 0 Å². The molecule has 5 nitrogen and oxygen atoms in total. The Morgan fingerprint density at radius 2 is 1.56 bits per heavy atom. The molecule has 0 aromatic rings. The number of carbonyl (C=O) groups excluding carboxylic acids is 2. The second-order valence-corrected chi connectivity index (χ2v) is 5.52.